The first-order chi connectivity index (χ1) is 8.50. The van der Waals surface area contributed by atoms with Crippen molar-refractivity contribution in [3.05, 3.63) is 23.8 Å². The first-order valence-corrected chi connectivity index (χ1v) is 7.61. The van der Waals surface area contributed by atoms with E-state index in [0.717, 1.165) is 5.56 Å². The molecule has 0 amide bonds. The third-order valence-electron chi connectivity index (χ3n) is 3.12. The Labute approximate surface area is 107 Å². The summed E-state index contributed by atoms with van der Waals surface area (Å²) in [5.74, 6) is 1.28. The number of nitrogens with zero attached hydrogens (tertiary/aromatic N) is 1. The molecule has 18 heavy (non-hydrogen) atoms. The number of ether oxygens (including phenoxy) is 1. The molecule has 0 aromatic heterocycles. The number of benzene rings is 1. The summed E-state index contributed by atoms with van der Waals surface area (Å²) < 4.78 is 27.7. The molecule has 1 N–H and O–H groups in total. The van der Waals surface area contributed by atoms with Gasteiger partial charge in [0.2, 0.25) is 0 Å². The molecule has 100 valence electrons. The topological polar surface area (TPSA) is 66.8 Å². The van der Waals surface area contributed by atoms with E-state index >= 15 is 0 Å². The van der Waals surface area contributed by atoms with Crippen molar-refractivity contribution in [2.75, 3.05) is 31.7 Å². The molecule has 1 fully saturated rings. The Morgan fingerprint density at radius 3 is 2.61 bits per heavy atom. The third kappa shape index (κ3) is 3.14. The lowest BCUT2D eigenvalue weighted by Gasteiger charge is -2.26. The van der Waals surface area contributed by atoms with Gasteiger partial charge >= 0.3 is 0 Å². The lowest BCUT2D eigenvalue weighted by molar-refractivity contribution is 0.282. The molecule has 2 rings (SSSR count). The van der Waals surface area contributed by atoms with Gasteiger partial charge in [-0.05, 0) is 18.2 Å². The summed E-state index contributed by atoms with van der Waals surface area (Å²) in [7, 11) is -1.29. The van der Waals surface area contributed by atoms with Crippen LogP contribution in [0.5, 0.6) is 11.5 Å². The lowest BCUT2D eigenvalue weighted by atomic mass is 10.1. The Kier molecular flexibility index (Phi) is 3.77. The minimum absolute atomic E-state index is 0.192. The van der Waals surface area contributed by atoms with Gasteiger partial charge in [-0.2, -0.15) is 0 Å². The predicted octanol–water partition coefficient (Wildman–Crippen LogP) is 0.631. The minimum atomic E-state index is -2.86. The van der Waals surface area contributed by atoms with Crippen LogP contribution in [0.25, 0.3) is 0 Å². The standard InChI is InChI=1S/C12H17NO4S/c1-17-11-2-3-12(14)10(8-11)9-13-4-6-18(15,16)7-5-13/h2-3,8,14H,4-7,9H2,1H3. The zero-order valence-electron chi connectivity index (χ0n) is 10.3. The average Bonchev–Trinajstić information content (AvgIpc) is 2.34. The molecule has 0 atom stereocenters. The molecule has 0 bridgehead atoms. The first-order valence-electron chi connectivity index (χ1n) is 5.79. The van der Waals surface area contributed by atoms with Crippen LogP contribution < -0.4 is 4.74 Å². The van der Waals surface area contributed by atoms with Gasteiger partial charge in [-0.1, -0.05) is 0 Å². The van der Waals surface area contributed by atoms with Crippen molar-refractivity contribution >= 4 is 9.84 Å². The fourth-order valence-corrected chi connectivity index (χ4v) is 3.24. The monoisotopic (exact) mass is 271 g/mol. The van der Waals surface area contributed by atoms with Gasteiger partial charge in [-0.3, -0.25) is 4.90 Å². The zero-order chi connectivity index (χ0) is 13.2. The summed E-state index contributed by atoms with van der Waals surface area (Å²) in [6.07, 6.45) is 0. The quantitative estimate of drug-likeness (QED) is 0.873. The molecule has 1 aliphatic rings. The Morgan fingerprint density at radius 2 is 2.00 bits per heavy atom. The van der Waals surface area contributed by atoms with E-state index in [1.54, 1.807) is 25.3 Å². The molecule has 1 heterocycles. The number of methoxy groups -OCH3 is 1. The molecule has 1 aromatic rings. The summed E-state index contributed by atoms with van der Waals surface area (Å²) in [6.45, 7) is 1.57. The molecule has 0 unspecified atom stereocenters. The van der Waals surface area contributed by atoms with Gasteiger partial charge in [0.25, 0.3) is 0 Å². The molecule has 0 radical (unpaired) electrons. The summed E-state index contributed by atoms with van der Waals surface area (Å²) in [5.41, 5.74) is 0.758. The Morgan fingerprint density at radius 1 is 1.33 bits per heavy atom. The van der Waals surface area contributed by atoms with E-state index in [1.165, 1.54) is 0 Å². The highest BCUT2D eigenvalue weighted by molar-refractivity contribution is 7.91. The van der Waals surface area contributed by atoms with Gasteiger partial charge in [-0.15, -0.1) is 0 Å². The van der Waals surface area contributed by atoms with E-state index in [0.29, 0.717) is 25.4 Å². The van der Waals surface area contributed by atoms with Gasteiger partial charge in [0.05, 0.1) is 18.6 Å². The van der Waals surface area contributed by atoms with Gasteiger partial charge < -0.3 is 9.84 Å². The highest BCUT2D eigenvalue weighted by Gasteiger charge is 2.22. The second-order valence-corrected chi connectivity index (χ2v) is 6.73. The fraction of sp³-hybridized carbons (Fsp3) is 0.500. The van der Waals surface area contributed by atoms with E-state index in [1.807, 2.05) is 4.90 Å². The van der Waals surface area contributed by atoms with E-state index in [-0.39, 0.29) is 17.3 Å². The van der Waals surface area contributed by atoms with Crippen molar-refractivity contribution in [3.8, 4) is 11.5 Å². The van der Waals surface area contributed by atoms with E-state index in [9.17, 15) is 13.5 Å². The normalized spacial score (nSPS) is 19.6. The molecule has 5 nitrogen and oxygen atoms in total. The van der Waals surface area contributed by atoms with Gasteiger partial charge in [0, 0.05) is 25.2 Å². The second-order valence-electron chi connectivity index (χ2n) is 4.42. The second kappa shape index (κ2) is 5.16. The van der Waals surface area contributed by atoms with Crippen LogP contribution in [0.4, 0.5) is 0 Å². The molecule has 0 spiro atoms. The minimum Gasteiger partial charge on any atom is -0.508 e. The lowest BCUT2D eigenvalue weighted by Crippen LogP contribution is -2.39. The number of sulfone groups is 1. The van der Waals surface area contributed by atoms with E-state index < -0.39 is 9.84 Å². The average molecular weight is 271 g/mol. The predicted molar refractivity (Wildman–Crippen MR) is 68.6 cm³/mol. The maximum absolute atomic E-state index is 11.3. The van der Waals surface area contributed by atoms with E-state index in [4.69, 9.17) is 4.74 Å². The largest absolute Gasteiger partial charge is 0.508 e. The SMILES string of the molecule is COc1ccc(O)c(CN2CCS(=O)(=O)CC2)c1. The Balaban J connectivity index is 2.06. The van der Waals surface area contributed by atoms with Crippen molar-refractivity contribution in [1.82, 2.24) is 4.90 Å². The highest BCUT2D eigenvalue weighted by Crippen LogP contribution is 2.24. The summed E-state index contributed by atoms with van der Waals surface area (Å²) >= 11 is 0. The molecule has 1 saturated heterocycles. The molecule has 0 aliphatic carbocycles. The van der Waals surface area contributed by atoms with Crippen LogP contribution in [0, 0.1) is 0 Å². The molecule has 1 aliphatic heterocycles. The van der Waals surface area contributed by atoms with Crippen LogP contribution in [0.1, 0.15) is 5.56 Å². The number of hydrogen-bond donors (Lipinski definition) is 1. The number of phenolic OH excluding ortho intramolecular Hbond substituents is 1. The van der Waals surface area contributed by atoms with Gasteiger partial charge in [-0.25, -0.2) is 8.42 Å². The van der Waals surface area contributed by atoms with Crippen LogP contribution in [-0.2, 0) is 16.4 Å². The van der Waals surface area contributed by atoms with Crippen molar-refractivity contribution in [3.63, 3.8) is 0 Å². The van der Waals surface area contributed by atoms with Crippen LogP contribution in [0.15, 0.2) is 18.2 Å². The molecule has 0 saturated carbocycles. The summed E-state index contributed by atoms with van der Waals surface area (Å²) in [4.78, 5) is 2.02. The number of aromatic hydroxyl groups is 1. The maximum atomic E-state index is 11.3. The van der Waals surface area contributed by atoms with Crippen molar-refractivity contribution in [2.24, 2.45) is 0 Å². The van der Waals surface area contributed by atoms with Crippen molar-refractivity contribution < 1.29 is 18.3 Å². The molecule has 1 aromatic carbocycles. The zero-order valence-corrected chi connectivity index (χ0v) is 11.1. The van der Waals surface area contributed by atoms with Crippen molar-refractivity contribution in [1.29, 1.82) is 0 Å². The Bertz CT molecular complexity index is 513. The molecular formula is C12H17NO4S. The Hall–Kier alpha value is -1.27. The van der Waals surface area contributed by atoms with E-state index in [2.05, 4.69) is 0 Å². The number of hydrogen-bond acceptors (Lipinski definition) is 5. The van der Waals surface area contributed by atoms with Gasteiger partial charge in [0.1, 0.15) is 11.5 Å². The summed E-state index contributed by atoms with van der Waals surface area (Å²) in [6, 6.07) is 5.06. The fourth-order valence-electron chi connectivity index (χ4n) is 1.96. The third-order valence-corrected chi connectivity index (χ3v) is 4.73. The van der Waals surface area contributed by atoms with Crippen LogP contribution in [0.3, 0.4) is 0 Å². The number of rotatable bonds is 3. The first kappa shape index (κ1) is 13.2. The number of phenols is 1. The maximum Gasteiger partial charge on any atom is 0.152 e. The smallest absolute Gasteiger partial charge is 0.152 e. The van der Waals surface area contributed by atoms with Crippen molar-refractivity contribution in [2.45, 2.75) is 6.54 Å². The molecule has 6 heteroatoms. The van der Waals surface area contributed by atoms with Crippen LogP contribution in [-0.4, -0.2) is 50.1 Å². The highest BCUT2D eigenvalue weighted by atomic mass is 32.2. The van der Waals surface area contributed by atoms with Crippen LogP contribution in [0.2, 0.25) is 0 Å². The molecular weight excluding hydrogens is 254 g/mol. The van der Waals surface area contributed by atoms with Gasteiger partial charge in [0.15, 0.2) is 9.84 Å². The summed E-state index contributed by atoms with van der Waals surface area (Å²) in [5, 5.41) is 9.76. The van der Waals surface area contributed by atoms with Crippen LogP contribution >= 0.6 is 0 Å².